The molecule has 0 saturated heterocycles. The van der Waals surface area contributed by atoms with E-state index in [4.69, 9.17) is 42.6 Å². The Labute approximate surface area is 171 Å². The molecule has 0 bridgehead atoms. The van der Waals surface area contributed by atoms with Crippen molar-refractivity contribution in [2.75, 3.05) is 19.8 Å². The van der Waals surface area contributed by atoms with Crippen molar-refractivity contribution in [1.82, 2.24) is 0 Å². The highest BCUT2D eigenvalue weighted by Gasteiger charge is 2.13. The normalized spacial score (nSPS) is 12.2. The molecule has 1 atom stereocenters. The summed E-state index contributed by atoms with van der Waals surface area (Å²) in [6.07, 6.45) is 6.38. The minimum Gasteiger partial charge on any atom is -0.490 e. The molecule has 0 fully saturated rings. The first-order valence-electron chi connectivity index (χ1n) is 9.15. The fraction of sp³-hybridized carbons (Fsp3) is 0.550. The van der Waals surface area contributed by atoms with Gasteiger partial charge in [0.15, 0.2) is 0 Å². The van der Waals surface area contributed by atoms with Crippen LogP contribution in [-0.2, 0) is 11.2 Å². The maximum atomic E-state index is 8.30. The van der Waals surface area contributed by atoms with E-state index in [-0.39, 0.29) is 10.6 Å². The molecule has 27 heavy (non-hydrogen) atoms. The maximum absolute atomic E-state index is 8.30. The summed E-state index contributed by atoms with van der Waals surface area (Å²) in [5, 5.41) is 11.2. The van der Waals surface area contributed by atoms with Crippen LogP contribution in [0.4, 0.5) is 0 Å². The van der Waals surface area contributed by atoms with Gasteiger partial charge >= 0.3 is 0 Å². The summed E-state index contributed by atoms with van der Waals surface area (Å²) >= 11 is 11.2. The zero-order chi connectivity index (χ0) is 20.1. The first-order valence-corrected chi connectivity index (χ1v) is 9.91. The molecule has 7 heteroatoms. The molecule has 1 rings (SSSR count). The van der Waals surface area contributed by atoms with Crippen molar-refractivity contribution < 1.29 is 19.4 Å². The molecule has 0 saturated carbocycles. The van der Waals surface area contributed by atoms with E-state index in [9.17, 15) is 0 Å². The molecule has 1 N–H and O–H groups in total. The lowest BCUT2D eigenvalue weighted by Crippen LogP contribution is -2.15. The van der Waals surface area contributed by atoms with Gasteiger partial charge in [0, 0.05) is 19.2 Å². The fourth-order valence-corrected chi connectivity index (χ4v) is 2.68. The number of halogens is 2. The molecule has 0 radical (unpaired) electrons. The monoisotopic (exact) mass is 417 g/mol. The second kappa shape index (κ2) is 13.7. The largest absolute Gasteiger partial charge is 0.490 e. The second-order valence-electron chi connectivity index (χ2n) is 6.16. The molecule has 0 aliphatic rings. The summed E-state index contributed by atoms with van der Waals surface area (Å²) in [4.78, 5) is 0. The van der Waals surface area contributed by atoms with E-state index in [2.05, 4.69) is 19.0 Å². The maximum Gasteiger partial charge on any atom is 0.126 e. The standard InChI is InChI=1S/C20H29Cl2NO4/c1-4-17-14-18(26-12-8-19(21)22)13-15(2)20(17)27-16(3)7-5-10-25-11-6-9-23-24/h8-9,13-14,16,24H,4-7,10-12H2,1-3H3. The Kier molecular flexibility index (Phi) is 12.0. The highest BCUT2D eigenvalue weighted by Crippen LogP contribution is 2.31. The lowest BCUT2D eigenvalue weighted by atomic mass is 10.1. The Morgan fingerprint density at radius 2 is 2.07 bits per heavy atom. The lowest BCUT2D eigenvalue weighted by Gasteiger charge is -2.20. The number of hydrogen-bond donors (Lipinski definition) is 1. The molecule has 152 valence electrons. The van der Waals surface area contributed by atoms with Crippen LogP contribution in [0.2, 0.25) is 0 Å². The van der Waals surface area contributed by atoms with Gasteiger partial charge in [-0.25, -0.2) is 0 Å². The summed E-state index contributed by atoms with van der Waals surface area (Å²) in [7, 11) is 0. The van der Waals surface area contributed by atoms with Crippen LogP contribution in [0, 0.1) is 6.92 Å². The molecule has 5 nitrogen and oxygen atoms in total. The number of benzene rings is 1. The number of ether oxygens (including phenoxy) is 3. The molecule has 1 aromatic rings. The molecule has 0 aliphatic heterocycles. The first-order chi connectivity index (χ1) is 13.0. The van der Waals surface area contributed by atoms with Gasteiger partial charge in [0.25, 0.3) is 0 Å². The summed E-state index contributed by atoms with van der Waals surface area (Å²) in [5.74, 6) is 1.69. The summed E-state index contributed by atoms with van der Waals surface area (Å²) in [6.45, 7) is 7.72. The third-order valence-electron chi connectivity index (χ3n) is 3.88. The van der Waals surface area contributed by atoms with Crippen LogP contribution in [0.25, 0.3) is 0 Å². The molecule has 0 amide bonds. The highest BCUT2D eigenvalue weighted by atomic mass is 35.5. The fourth-order valence-electron chi connectivity index (χ4n) is 2.56. The predicted molar refractivity (Wildman–Crippen MR) is 111 cm³/mol. The van der Waals surface area contributed by atoms with E-state index in [0.717, 1.165) is 41.9 Å². The number of aryl methyl sites for hydroxylation is 2. The Bertz CT molecular complexity index is 616. The van der Waals surface area contributed by atoms with Crippen LogP contribution in [0.1, 0.15) is 44.2 Å². The molecule has 0 aromatic heterocycles. The van der Waals surface area contributed by atoms with Crippen LogP contribution in [0.5, 0.6) is 11.5 Å². The van der Waals surface area contributed by atoms with Gasteiger partial charge in [0.2, 0.25) is 0 Å². The van der Waals surface area contributed by atoms with Gasteiger partial charge in [-0.05, 0) is 62.4 Å². The van der Waals surface area contributed by atoms with E-state index in [1.165, 1.54) is 6.21 Å². The van der Waals surface area contributed by atoms with Crippen LogP contribution >= 0.6 is 23.2 Å². The van der Waals surface area contributed by atoms with Gasteiger partial charge < -0.3 is 19.4 Å². The van der Waals surface area contributed by atoms with Crippen molar-refractivity contribution in [1.29, 1.82) is 0 Å². The Balaban J connectivity index is 2.54. The summed E-state index contributed by atoms with van der Waals surface area (Å²) in [6, 6.07) is 3.96. The van der Waals surface area contributed by atoms with Gasteiger partial charge in [-0.2, -0.15) is 0 Å². The first kappa shape index (κ1) is 23.6. The molecule has 1 aromatic carbocycles. The molecule has 0 heterocycles. The van der Waals surface area contributed by atoms with Gasteiger partial charge in [-0.3, -0.25) is 0 Å². The zero-order valence-electron chi connectivity index (χ0n) is 16.2. The van der Waals surface area contributed by atoms with Gasteiger partial charge in [-0.1, -0.05) is 30.1 Å². The second-order valence-corrected chi connectivity index (χ2v) is 7.16. The minimum atomic E-state index is 0.0846. The quantitative estimate of drug-likeness (QED) is 0.194. The van der Waals surface area contributed by atoms with Crippen molar-refractivity contribution in [2.24, 2.45) is 5.16 Å². The number of oxime groups is 1. The summed E-state index contributed by atoms with van der Waals surface area (Å²) in [5.41, 5.74) is 2.15. The van der Waals surface area contributed by atoms with Crippen molar-refractivity contribution in [3.63, 3.8) is 0 Å². The number of hydrogen-bond acceptors (Lipinski definition) is 5. The van der Waals surface area contributed by atoms with Crippen molar-refractivity contribution in [3.8, 4) is 11.5 Å². The average Bonchev–Trinajstić information content (AvgIpc) is 2.62. The summed E-state index contributed by atoms with van der Waals surface area (Å²) < 4.78 is 17.5. The van der Waals surface area contributed by atoms with Crippen LogP contribution in [-0.4, -0.2) is 37.3 Å². The van der Waals surface area contributed by atoms with E-state index in [1.807, 2.05) is 19.1 Å². The molecule has 1 unspecified atom stereocenters. The molecular weight excluding hydrogens is 389 g/mol. The van der Waals surface area contributed by atoms with Gasteiger partial charge in [0.05, 0.1) is 12.7 Å². The van der Waals surface area contributed by atoms with E-state index >= 15 is 0 Å². The SMILES string of the molecule is CCc1cc(OCC=C(Cl)Cl)cc(C)c1OC(C)CCCOCCC=NO. The molecule has 0 spiro atoms. The third kappa shape index (κ3) is 9.89. The Morgan fingerprint density at radius 3 is 2.74 bits per heavy atom. The van der Waals surface area contributed by atoms with Gasteiger partial charge in [-0.15, -0.1) is 5.16 Å². The van der Waals surface area contributed by atoms with Crippen LogP contribution in [0.15, 0.2) is 27.9 Å². The lowest BCUT2D eigenvalue weighted by molar-refractivity contribution is 0.122. The predicted octanol–water partition coefficient (Wildman–Crippen LogP) is 5.67. The van der Waals surface area contributed by atoms with Crippen molar-refractivity contribution >= 4 is 29.4 Å². The number of nitrogens with zero attached hydrogens (tertiary/aromatic N) is 1. The molecular formula is C20H29Cl2NO4. The molecule has 0 aliphatic carbocycles. The number of rotatable bonds is 13. The zero-order valence-corrected chi connectivity index (χ0v) is 17.7. The smallest absolute Gasteiger partial charge is 0.126 e. The Morgan fingerprint density at radius 1 is 1.30 bits per heavy atom. The average molecular weight is 418 g/mol. The van der Waals surface area contributed by atoms with E-state index < -0.39 is 0 Å². The van der Waals surface area contributed by atoms with Crippen molar-refractivity contribution in [3.05, 3.63) is 33.8 Å². The minimum absolute atomic E-state index is 0.0846. The van der Waals surface area contributed by atoms with Gasteiger partial charge in [0.1, 0.15) is 22.6 Å². The Hall–Kier alpha value is -1.43. The van der Waals surface area contributed by atoms with Crippen LogP contribution < -0.4 is 9.47 Å². The third-order valence-corrected chi connectivity index (χ3v) is 4.19. The highest BCUT2D eigenvalue weighted by molar-refractivity contribution is 6.55. The topological polar surface area (TPSA) is 60.3 Å². The van der Waals surface area contributed by atoms with Crippen molar-refractivity contribution in [2.45, 2.75) is 52.6 Å². The van der Waals surface area contributed by atoms with E-state index in [1.54, 1.807) is 6.08 Å². The van der Waals surface area contributed by atoms with E-state index in [0.29, 0.717) is 26.2 Å². The van der Waals surface area contributed by atoms with Crippen LogP contribution in [0.3, 0.4) is 0 Å².